The largest absolute Gasteiger partial charge is 0.495 e. The second kappa shape index (κ2) is 5.56. The lowest BCUT2D eigenvalue weighted by Crippen LogP contribution is -2.41. The van der Waals surface area contributed by atoms with Crippen molar-refractivity contribution in [2.45, 2.75) is 39.0 Å². The smallest absolute Gasteiger partial charge is 0.237 e. The number of pyridine rings is 1. The maximum absolute atomic E-state index is 12.3. The lowest BCUT2D eigenvalue weighted by atomic mass is 10.3. The molecule has 0 unspecified atom stereocenters. The second-order valence-electron chi connectivity index (χ2n) is 4.57. The zero-order chi connectivity index (χ0) is 13.9. The molecular weight excluding hydrogens is 252 g/mol. The number of sulfonamides is 1. The molecule has 18 heavy (non-hydrogen) atoms. The van der Waals surface area contributed by atoms with Gasteiger partial charge in [-0.2, -0.15) is 0 Å². The molecule has 0 saturated heterocycles. The van der Waals surface area contributed by atoms with E-state index in [1.807, 2.05) is 13.8 Å². The third kappa shape index (κ3) is 2.93. The number of hydrogen-bond acceptors (Lipinski definition) is 4. The fourth-order valence-corrected chi connectivity index (χ4v) is 3.04. The van der Waals surface area contributed by atoms with Gasteiger partial charge in [0.25, 0.3) is 0 Å². The molecular formula is C12H20N2O3S. The van der Waals surface area contributed by atoms with E-state index in [9.17, 15) is 8.42 Å². The molecule has 102 valence electrons. The number of aromatic nitrogens is 1. The highest BCUT2D eigenvalue weighted by molar-refractivity contribution is 7.93. The minimum atomic E-state index is -3.38. The van der Waals surface area contributed by atoms with Crippen molar-refractivity contribution in [2.24, 2.45) is 0 Å². The molecule has 0 atom stereocenters. The van der Waals surface area contributed by atoms with Crippen molar-refractivity contribution in [1.82, 2.24) is 4.98 Å². The predicted octanol–water partition coefficient (Wildman–Crippen LogP) is 2.04. The fraction of sp³-hybridized carbons (Fsp3) is 0.583. The van der Waals surface area contributed by atoms with Gasteiger partial charge in [-0.15, -0.1) is 0 Å². The van der Waals surface area contributed by atoms with Crippen LogP contribution in [0, 0.1) is 0 Å². The molecule has 0 aliphatic heterocycles. The summed E-state index contributed by atoms with van der Waals surface area (Å²) in [6, 6.07) is 1.50. The van der Waals surface area contributed by atoms with Gasteiger partial charge in [-0.1, -0.05) is 0 Å². The molecule has 0 fully saturated rings. The van der Waals surface area contributed by atoms with Crippen LogP contribution >= 0.6 is 0 Å². The van der Waals surface area contributed by atoms with E-state index in [-0.39, 0.29) is 6.04 Å². The standard InChI is InChI=1S/C12H20N2O3S/c1-9(2)14(18(15,16)10(3)4)11-6-12(17-5)8-13-7-11/h6-10H,1-5H3. The molecule has 0 amide bonds. The van der Waals surface area contributed by atoms with Gasteiger partial charge >= 0.3 is 0 Å². The van der Waals surface area contributed by atoms with Crippen molar-refractivity contribution in [1.29, 1.82) is 0 Å². The van der Waals surface area contributed by atoms with E-state index in [0.29, 0.717) is 11.4 Å². The van der Waals surface area contributed by atoms with Crippen LogP contribution in [0.1, 0.15) is 27.7 Å². The quantitative estimate of drug-likeness (QED) is 0.823. The summed E-state index contributed by atoms with van der Waals surface area (Å²) in [5, 5.41) is -0.480. The highest BCUT2D eigenvalue weighted by Crippen LogP contribution is 2.25. The summed E-state index contributed by atoms with van der Waals surface area (Å²) >= 11 is 0. The molecule has 1 rings (SSSR count). The number of ether oxygens (including phenoxy) is 1. The average molecular weight is 272 g/mol. The molecule has 0 N–H and O–H groups in total. The van der Waals surface area contributed by atoms with Gasteiger partial charge in [0.1, 0.15) is 5.75 Å². The molecule has 1 aromatic rings. The van der Waals surface area contributed by atoms with Crippen LogP contribution in [0.2, 0.25) is 0 Å². The molecule has 0 aromatic carbocycles. The first-order chi connectivity index (χ1) is 8.30. The SMILES string of the molecule is COc1cncc(N(C(C)C)S(=O)(=O)C(C)C)c1. The Morgan fingerprint density at radius 1 is 1.22 bits per heavy atom. The Hall–Kier alpha value is -1.30. The molecule has 0 spiro atoms. The molecule has 0 radical (unpaired) electrons. The van der Waals surface area contributed by atoms with Gasteiger partial charge in [0.05, 0.1) is 30.4 Å². The van der Waals surface area contributed by atoms with E-state index in [2.05, 4.69) is 4.98 Å². The van der Waals surface area contributed by atoms with E-state index in [0.717, 1.165) is 0 Å². The second-order valence-corrected chi connectivity index (χ2v) is 6.93. The van der Waals surface area contributed by atoms with Gasteiger partial charge in [0.15, 0.2) is 0 Å². The summed E-state index contributed by atoms with van der Waals surface area (Å²) in [5.41, 5.74) is 0.526. The summed E-state index contributed by atoms with van der Waals surface area (Å²) in [6.45, 7) is 7.00. The van der Waals surface area contributed by atoms with Gasteiger partial charge < -0.3 is 4.74 Å². The van der Waals surface area contributed by atoms with E-state index < -0.39 is 15.3 Å². The normalized spacial score (nSPS) is 11.9. The number of rotatable bonds is 5. The van der Waals surface area contributed by atoms with Crippen LogP contribution in [0.4, 0.5) is 5.69 Å². The van der Waals surface area contributed by atoms with Crippen molar-refractivity contribution in [3.63, 3.8) is 0 Å². The first-order valence-electron chi connectivity index (χ1n) is 5.83. The van der Waals surface area contributed by atoms with Crippen LogP contribution in [0.3, 0.4) is 0 Å². The predicted molar refractivity (Wildman–Crippen MR) is 72.5 cm³/mol. The maximum Gasteiger partial charge on any atom is 0.237 e. The summed E-state index contributed by atoms with van der Waals surface area (Å²) in [7, 11) is -1.85. The zero-order valence-electron chi connectivity index (χ0n) is 11.4. The Morgan fingerprint density at radius 3 is 2.28 bits per heavy atom. The van der Waals surface area contributed by atoms with E-state index in [4.69, 9.17) is 4.74 Å². The highest BCUT2D eigenvalue weighted by Gasteiger charge is 2.28. The van der Waals surface area contributed by atoms with Gasteiger partial charge in [-0.05, 0) is 27.7 Å². The van der Waals surface area contributed by atoms with Crippen LogP contribution in [0.25, 0.3) is 0 Å². The number of hydrogen-bond donors (Lipinski definition) is 0. The molecule has 1 aromatic heterocycles. The van der Waals surface area contributed by atoms with Crippen molar-refractivity contribution in [3.8, 4) is 5.75 Å². The van der Waals surface area contributed by atoms with Gasteiger partial charge in [-0.3, -0.25) is 9.29 Å². The highest BCUT2D eigenvalue weighted by atomic mass is 32.2. The Balaban J connectivity index is 3.29. The molecule has 6 heteroatoms. The summed E-state index contributed by atoms with van der Waals surface area (Å²) in [4.78, 5) is 4.00. The number of nitrogens with zero attached hydrogens (tertiary/aromatic N) is 2. The molecule has 0 bridgehead atoms. The Morgan fingerprint density at radius 2 is 1.83 bits per heavy atom. The molecule has 0 saturated carbocycles. The fourth-order valence-electron chi connectivity index (χ4n) is 1.61. The van der Waals surface area contributed by atoms with Crippen molar-refractivity contribution in [2.75, 3.05) is 11.4 Å². The number of anilines is 1. The molecule has 1 heterocycles. The first-order valence-corrected chi connectivity index (χ1v) is 7.33. The number of methoxy groups -OCH3 is 1. The summed E-state index contributed by atoms with van der Waals surface area (Å²) in [5.74, 6) is 0.539. The minimum Gasteiger partial charge on any atom is -0.495 e. The topological polar surface area (TPSA) is 59.5 Å². The third-order valence-electron chi connectivity index (χ3n) is 2.53. The molecule has 0 aliphatic rings. The lowest BCUT2D eigenvalue weighted by molar-refractivity contribution is 0.413. The van der Waals surface area contributed by atoms with E-state index in [1.54, 1.807) is 26.1 Å². The Labute approximate surface area is 109 Å². The van der Waals surface area contributed by atoms with Gasteiger partial charge in [0.2, 0.25) is 10.0 Å². The van der Waals surface area contributed by atoms with Crippen LogP contribution in [-0.4, -0.2) is 31.8 Å². The summed E-state index contributed by atoms with van der Waals surface area (Å²) < 4.78 is 31.1. The van der Waals surface area contributed by atoms with Crippen LogP contribution in [0.15, 0.2) is 18.5 Å². The zero-order valence-corrected chi connectivity index (χ0v) is 12.2. The van der Waals surface area contributed by atoms with E-state index in [1.165, 1.54) is 17.6 Å². The minimum absolute atomic E-state index is 0.175. The summed E-state index contributed by atoms with van der Waals surface area (Å²) in [6.07, 6.45) is 3.08. The van der Waals surface area contributed by atoms with Gasteiger partial charge in [0, 0.05) is 12.1 Å². The molecule has 5 nitrogen and oxygen atoms in total. The van der Waals surface area contributed by atoms with Crippen LogP contribution < -0.4 is 9.04 Å². The van der Waals surface area contributed by atoms with Crippen LogP contribution in [0.5, 0.6) is 5.75 Å². The van der Waals surface area contributed by atoms with Crippen molar-refractivity contribution >= 4 is 15.7 Å². The monoisotopic (exact) mass is 272 g/mol. The van der Waals surface area contributed by atoms with Crippen molar-refractivity contribution < 1.29 is 13.2 Å². The maximum atomic E-state index is 12.3. The molecule has 0 aliphatic carbocycles. The van der Waals surface area contributed by atoms with Gasteiger partial charge in [-0.25, -0.2) is 8.42 Å². The van der Waals surface area contributed by atoms with Crippen LogP contribution in [-0.2, 0) is 10.0 Å². The Kier molecular flexibility index (Phi) is 4.56. The average Bonchev–Trinajstić information content (AvgIpc) is 2.28. The lowest BCUT2D eigenvalue weighted by Gasteiger charge is -2.29. The van der Waals surface area contributed by atoms with Crippen molar-refractivity contribution in [3.05, 3.63) is 18.5 Å². The third-order valence-corrected chi connectivity index (χ3v) is 4.90. The Bertz CT molecular complexity index is 498. The van der Waals surface area contributed by atoms with E-state index >= 15 is 0 Å². The first kappa shape index (κ1) is 14.8.